The van der Waals surface area contributed by atoms with Crippen molar-refractivity contribution in [3.05, 3.63) is 28.8 Å². The van der Waals surface area contributed by atoms with Gasteiger partial charge in [-0.05, 0) is 44.9 Å². The summed E-state index contributed by atoms with van der Waals surface area (Å²) in [6, 6.07) is 5.76. The normalized spacial score (nSPS) is 19.1. The van der Waals surface area contributed by atoms with Gasteiger partial charge in [-0.2, -0.15) is 0 Å². The Morgan fingerprint density at radius 3 is 3.00 bits per heavy atom. The van der Waals surface area contributed by atoms with Gasteiger partial charge < -0.3 is 14.8 Å². The molecule has 4 heteroatoms. The van der Waals surface area contributed by atoms with E-state index >= 15 is 0 Å². The fraction of sp³-hybridized carbons (Fsp3) is 0.600. The van der Waals surface area contributed by atoms with Gasteiger partial charge in [0.2, 0.25) is 0 Å². The zero-order valence-electron chi connectivity index (χ0n) is 11.6. The SMILES string of the molecule is CC(C)Oc1ccc(Cl)cc1CNC[C@@H]1CCCO1. The van der Waals surface area contributed by atoms with Crippen LogP contribution in [0.2, 0.25) is 5.02 Å². The van der Waals surface area contributed by atoms with E-state index < -0.39 is 0 Å². The third-order valence-electron chi connectivity index (χ3n) is 3.10. The molecule has 0 spiro atoms. The summed E-state index contributed by atoms with van der Waals surface area (Å²) in [6.07, 6.45) is 2.84. The van der Waals surface area contributed by atoms with Crippen LogP contribution in [-0.2, 0) is 11.3 Å². The standard InChI is InChI=1S/C15H22ClNO2/c1-11(2)19-15-6-5-13(16)8-12(15)9-17-10-14-4-3-7-18-14/h5-6,8,11,14,17H,3-4,7,9-10H2,1-2H3/t14-/m0/s1. The lowest BCUT2D eigenvalue weighted by atomic mass is 10.2. The summed E-state index contributed by atoms with van der Waals surface area (Å²) in [7, 11) is 0. The number of halogens is 1. The summed E-state index contributed by atoms with van der Waals surface area (Å²) >= 11 is 6.05. The Bertz CT molecular complexity index is 403. The molecule has 1 fully saturated rings. The highest BCUT2D eigenvalue weighted by molar-refractivity contribution is 6.30. The molecule has 0 aromatic heterocycles. The van der Waals surface area contributed by atoms with Gasteiger partial charge in [0.1, 0.15) is 5.75 Å². The first-order valence-electron chi connectivity index (χ1n) is 6.92. The van der Waals surface area contributed by atoms with Crippen LogP contribution in [-0.4, -0.2) is 25.4 Å². The van der Waals surface area contributed by atoms with Gasteiger partial charge in [0.25, 0.3) is 0 Å². The lowest BCUT2D eigenvalue weighted by Gasteiger charge is -2.16. The molecule has 1 aliphatic heterocycles. The molecular weight excluding hydrogens is 262 g/mol. The Kier molecular flexibility index (Phi) is 5.49. The van der Waals surface area contributed by atoms with Crippen LogP contribution in [0.15, 0.2) is 18.2 Å². The monoisotopic (exact) mass is 283 g/mol. The maximum absolute atomic E-state index is 6.05. The summed E-state index contributed by atoms with van der Waals surface area (Å²) < 4.78 is 11.4. The highest BCUT2D eigenvalue weighted by Gasteiger charge is 2.15. The van der Waals surface area contributed by atoms with Crippen molar-refractivity contribution in [1.29, 1.82) is 0 Å². The van der Waals surface area contributed by atoms with Gasteiger partial charge in [-0.3, -0.25) is 0 Å². The first kappa shape index (κ1) is 14.6. The Balaban J connectivity index is 1.91. The molecular formula is C15H22ClNO2. The number of ether oxygens (including phenoxy) is 2. The molecule has 1 aromatic rings. The first-order chi connectivity index (χ1) is 9.15. The van der Waals surface area contributed by atoms with Crippen LogP contribution in [0.3, 0.4) is 0 Å². The Morgan fingerprint density at radius 2 is 2.32 bits per heavy atom. The van der Waals surface area contributed by atoms with Crippen molar-refractivity contribution in [3.63, 3.8) is 0 Å². The van der Waals surface area contributed by atoms with E-state index in [9.17, 15) is 0 Å². The van der Waals surface area contributed by atoms with E-state index in [1.807, 2.05) is 32.0 Å². The molecule has 106 valence electrons. The highest BCUT2D eigenvalue weighted by atomic mass is 35.5. The molecule has 0 aliphatic carbocycles. The zero-order chi connectivity index (χ0) is 13.7. The third-order valence-corrected chi connectivity index (χ3v) is 3.33. The Labute approximate surface area is 120 Å². The number of rotatable bonds is 6. The van der Waals surface area contributed by atoms with Crippen LogP contribution < -0.4 is 10.1 Å². The van der Waals surface area contributed by atoms with Crippen LogP contribution in [0.5, 0.6) is 5.75 Å². The molecule has 0 bridgehead atoms. The number of nitrogens with one attached hydrogen (secondary N) is 1. The quantitative estimate of drug-likeness (QED) is 0.868. The summed E-state index contributed by atoms with van der Waals surface area (Å²) in [4.78, 5) is 0. The van der Waals surface area contributed by atoms with E-state index in [1.165, 1.54) is 6.42 Å². The molecule has 3 nitrogen and oxygen atoms in total. The smallest absolute Gasteiger partial charge is 0.124 e. The summed E-state index contributed by atoms with van der Waals surface area (Å²) in [5.41, 5.74) is 1.10. The van der Waals surface area contributed by atoms with Gasteiger partial charge in [-0.25, -0.2) is 0 Å². The van der Waals surface area contributed by atoms with Crippen molar-refractivity contribution in [2.24, 2.45) is 0 Å². The maximum atomic E-state index is 6.05. The molecule has 1 heterocycles. The van der Waals surface area contributed by atoms with E-state index in [-0.39, 0.29) is 6.10 Å². The van der Waals surface area contributed by atoms with E-state index in [0.29, 0.717) is 6.10 Å². The summed E-state index contributed by atoms with van der Waals surface area (Å²) in [5, 5.41) is 4.16. The van der Waals surface area contributed by atoms with Crippen molar-refractivity contribution >= 4 is 11.6 Å². The molecule has 2 rings (SSSR count). The molecule has 0 radical (unpaired) electrons. The van der Waals surface area contributed by atoms with Crippen molar-refractivity contribution in [2.75, 3.05) is 13.2 Å². The minimum atomic E-state index is 0.165. The average Bonchev–Trinajstić information content (AvgIpc) is 2.85. The number of benzene rings is 1. The fourth-order valence-corrected chi connectivity index (χ4v) is 2.42. The van der Waals surface area contributed by atoms with E-state index in [2.05, 4.69) is 5.32 Å². The van der Waals surface area contributed by atoms with Crippen molar-refractivity contribution in [3.8, 4) is 5.75 Å². The van der Waals surface area contributed by atoms with Crippen molar-refractivity contribution < 1.29 is 9.47 Å². The predicted octanol–water partition coefficient (Wildman–Crippen LogP) is 3.40. The van der Waals surface area contributed by atoms with Gasteiger partial charge in [-0.15, -0.1) is 0 Å². The van der Waals surface area contributed by atoms with Crippen LogP contribution in [0, 0.1) is 0 Å². The van der Waals surface area contributed by atoms with Gasteiger partial charge in [-0.1, -0.05) is 11.6 Å². The maximum Gasteiger partial charge on any atom is 0.124 e. The molecule has 1 N–H and O–H groups in total. The number of hydrogen-bond donors (Lipinski definition) is 1. The van der Waals surface area contributed by atoms with Crippen LogP contribution in [0.4, 0.5) is 0 Å². The van der Waals surface area contributed by atoms with Crippen molar-refractivity contribution in [1.82, 2.24) is 5.32 Å². The second kappa shape index (κ2) is 7.13. The molecule has 0 unspecified atom stereocenters. The molecule has 0 saturated carbocycles. The summed E-state index contributed by atoms with van der Waals surface area (Å²) in [6.45, 7) is 6.58. The van der Waals surface area contributed by atoms with Crippen LogP contribution in [0.25, 0.3) is 0 Å². The second-order valence-corrected chi connectivity index (χ2v) is 5.62. The predicted molar refractivity (Wildman–Crippen MR) is 77.9 cm³/mol. The van der Waals surface area contributed by atoms with Gasteiger partial charge in [0, 0.05) is 30.3 Å². The van der Waals surface area contributed by atoms with Gasteiger partial charge >= 0.3 is 0 Å². The lowest BCUT2D eigenvalue weighted by Crippen LogP contribution is -2.26. The molecule has 19 heavy (non-hydrogen) atoms. The van der Waals surface area contributed by atoms with E-state index in [1.54, 1.807) is 0 Å². The van der Waals surface area contributed by atoms with Gasteiger partial charge in [0.05, 0.1) is 12.2 Å². The molecule has 0 amide bonds. The van der Waals surface area contributed by atoms with E-state index in [0.717, 1.165) is 42.5 Å². The average molecular weight is 284 g/mol. The zero-order valence-corrected chi connectivity index (χ0v) is 12.4. The number of hydrogen-bond acceptors (Lipinski definition) is 3. The third kappa shape index (κ3) is 4.68. The highest BCUT2D eigenvalue weighted by Crippen LogP contribution is 2.24. The Hall–Kier alpha value is -0.770. The fourth-order valence-electron chi connectivity index (χ4n) is 2.23. The minimum Gasteiger partial charge on any atom is -0.491 e. The largest absolute Gasteiger partial charge is 0.491 e. The summed E-state index contributed by atoms with van der Waals surface area (Å²) in [5.74, 6) is 0.902. The first-order valence-corrected chi connectivity index (χ1v) is 7.30. The van der Waals surface area contributed by atoms with E-state index in [4.69, 9.17) is 21.1 Å². The second-order valence-electron chi connectivity index (χ2n) is 5.18. The topological polar surface area (TPSA) is 30.5 Å². The Morgan fingerprint density at radius 1 is 1.47 bits per heavy atom. The van der Waals surface area contributed by atoms with Crippen LogP contribution in [0.1, 0.15) is 32.3 Å². The molecule has 1 saturated heterocycles. The van der Waals surface area contributed by atoms with Gasteiger partial charge in [0.15, 0.2) is 0 Å². The van der Waals surface area contributed by atoms with Crippen molar-refractivity contribution in [2.45, 2.75) is 45.4 Å². The molecule has 1 atom stereocenters. The molecule has 1 aliphatic rings. The lowest BCUT2D eigenvalue weighted by molar-refractivity contribution is 0.110. The van der Waals surface area contributed by atoms with Crippen LogP contribution >= 0.6 is 11.6 Å². The minimum absolute atomic E-state index is 0.165. The molecule has 1 aromatic carbocycles.